The lowest BCUT2D eigenvalue weighted by molar-refractivity contribution is 0.377. The lowest BCUT2D eigenvalue weighted by Gasteiger charge is -2.42. The van der Waals surface area contributed by atoms with Gasteiger partial charge in [-0.3, -0.25) is 23.1 Å². The van der Waals surface area contributed by atoms with Gasteiger partial charge in [0.2, 0.25) is 0 Å². The number of benzene rings is 1. The third-order valence-corrected chi connectivity index (χ3v) is 8.04. The van der Waals surface area contributed by atoms with Crippen LogP contribution < -0.4 is 21.7 Å². The molecule has 12 heteroatoms. The smallest absolute Gasteiger partial charge is 0.342 e. The van der Waals surface area contributed by atoms with Crippen LogP contribution in [0.5, 0.6) is 0 Å². The topological polar surface area (TPSA) is 86.5 Å². The second-order valence-electron chi connectivity index (χ2n) is 9.90. The van der Waals surface area contributed by atoms with Crippen molar-refractivity contribution in [2.45, 2.75) is 38.3 Å². The molecule has 0 saturated carbocycles. The number of imidazole rings is 1. The normalized spacial score (nSPS) is 17.0. The minimum Gasteiger partial charge on any atom is -0.355 e. The van der Waals surface area contributed by atoms with Gasteiger partial charge in [-0.15, -0.1) is 0 Å². The number of pyridine rings is 2. The molecule has 4 aromatic heterocycles. The molecule has 0 radical (unpaired) electrons. The van der Waals surface area contributed by atoms with Crippen molar-refractivity contribution < 1.29 is 8.78 Å². The highest BCUT2D eigenvalue weighted by Crippen LogP contribution is 2.32. The zero-order chi connectivity index (χ0) is 27.0. The maximum atomic E-state index is 14.1. The fourth-order valence-electron chi connectivity index (χ4n) is 5.92. The Bertz CT molecular complexity index is 2010. The number of rotatable bonds is 2. The fraction of sp³-hybridized carbons (Fsp3) is 0.259. The van der Waals surface area contributed by atoms with Crippen molar-refractivity contribution in [3.8, 4) is 11.5 Å². The van der Waals surface area contributed by atoms with E-state index >= 15 is 0 Å². The van der Waals surface area contributed by atoms with Gasteiger partial charge in [0.05, 0.1) is 22.4 Å². The maximum Gasteiger partial charge on any atom is 0.342 e. The summed E-state index contributed by atoms with van der Waals surface area (Å²) in [6.07, 6.45) is 6.46. The van der Waals surface area contributed by atoms with E-state index in [0.717, 1.165) is 48.9 Å². The number of halogens is 3. The summed E-state index contributed by atoms with van der Waals surface area (Å²) in [5, 5.41) is -0.423. The van der Waals surface area contributed by atoms with Crippen molar-refractivity contribution in [1.82, 2.24) is 23.1 Å². The summed E-state index contributed by atoms with van der Waals surface area (Å²) < 4.78 is 32.9. The number of hydrogen-bond acceptors (Lipinski definition) is 5. The molecule has 9 nitrogen and oxygen atoms in total. The summed E-state index contributed by atoms with van der Waals surface area (Å²) in [7, 11) is 0. The van der Waals surface area contributed by atoms with Gasteiger partial charge in [-0.05, 0) is 49.9 Å². The Morgan fingerprint density at radius 2 is 1.74 bits per heavy atom. The van der Waals surface area contributed by atoms with Crippen molar-refractivity contribution >= 4 is 34.0 Å². The molecule has 0 bridgehead atoms. The van der Waals surface area contributed by atoms with Crippen LogP contribution in [0.15, 0.2) is 63.2 Å². The van der Waals surface area contributed by atoms with Crippen LogP contribution in [-0.4, -0.2) is 35.7 Å². The Morgan fingerprint density at radius 3 is 2.56 bits per heavy atom. The average molecular weight is 551 g/mol. The molecule has 39 heavy (non-hydrogen) atoms. The molecule has 0 N–H and O–H groups in total. The number of hydrogen-bond donors (Lipinski definition) is 0. The largest absolute Gasteiger partial charge is 0.355 e. The Morgan fingerprint density at radius 1 is 0.897 bits per heavy atom. The van der Waals surface area contributed by atoms with Gasteiger partial charge in [0, 0.05) is 37.5 Å². The molecule has 7 rings (SSSR count). The van der Waals surface area contributed by atoms with Gasteiger partial charge < -0.3 is 4.90 Å². The van der Waals surface area contributed by atoms with E-state index in [4.69, 9.17) is 11.6 Å². The Hall–Kier alpha value is -4.25. The molecule has 198 valence electrons. The molecule has 2 aliphatic rings. The second-order valence-corrected chi connectivity index (χ2v) is 10.3. The van der Waals surface area contributed by atoms with Crippen molar-refractivity contribution in [2.75, 3.05) is 11.4 Å². The number of fused-ring (bicyclic) bond motifs is 5. The summed E-state index contributed by atoms with van der Waals surface area (Å²) in [6, 6.07) is 8.06. The molecule has 2 aliphatic heterocycles. The average Bonchev–Trinajstić information content (AvgIpc) is 3.33. The van der Waals surface area contributed by atoms with Gasteiger partial charge in [-0.1, -0.05) is 11.6 Å². The predicted molar refractivity (Wildman–Crippen MR) is 143 cm³/mol. The highest BCUT2D eigenvalue weighted by Gasteiger charge is 2.32. The molecule has 1 aromatic carbocycles. The highest BCUT2D eigenvalue weighted by atomic mass is 35.5. The third-order valence-electron chi connectivity index (χ3n) is 7.75. The van der Waals surface area contributed by atoms with Crippen LogP contribution in [0.4, 0.5) is 14.6 Å². The van der Waals surface area contributed by atoms with Crippen LogP contribution in [0.3, 0.4) is 0 Å². The van der Waals surface area contributed by atoms with E-state index in [1.165, 1.54) is 39.6 Å². The van der Waals surface area contributed by atoms with E-state index in [2.05, 4.69) is 9.88 Å². The molecular weight excluding hydrogens is 530 g/mol. The summed E-state index contributed by atoms with van der Waals surface area (Å²) in [4.78, 5) is 48.4. The van der Waals surface area contributed by atoms with Crippen molar-refractivity contribution in [2.24, 2.45) is 0 Å². The van der Waals surface area contributed by atoms with E-state index < -0.39 is 28.4 Å². The predicted octanol–water partition coefficient (Wildman–Crippen LogP) is 3.65. The van der Waals surface area contributed by atoms with E-state index in [1.54, 1.807) is 10.6 Å². The van der Waals surface area contributed by atoms with Gasteiger partial charge in [0.15, 0.2) is 0 Å². The van der Waals surface area contributed by atoms with Gasteiger partial charge in [-0.25, -0.2) is 23.1 Å². The molecule has 0 amide bonds. The number of aromatic nitrogens is 5. The first-order chi connectivity index (χ1) is 18.8. The maximum absolute atomic E-state index is 14.1. The highest BCUT2D eigenvalue weighted by molar-refractivity contribution is 6.30. The first-order valence-electron chi connectivity index (χ1n) is 12.6. The van der Waals surface area contributed by atoms with Crippen LogP contribution in [0.2, 0.25) is 5.02 Å². The first kappa shape index (κ1) is 23.8. The van der Waals surface area contributed by atoms with E-state index in [9.17, 15) is 23.2 Å². The molecule has 0 aliphatic carbocycles. The van der Waals surface area contributed by atoms with E-state index in [-0.39, 0.29) is 39.1 Å². The van der Waals surface area contributed by atoms with Crippen LogP contribution in [0, 0.1) is 11.6 Å². The molecule has 0 spiro atoms. The van der Waals surface area contributed by atoms with Gasteiger partial charge >= 0.3 is 5.69 Å². The van der Waals surface area contributed by atoms with Crippen LogP contribution in [0.1, 0.15) is 25.7 Å². The lowest BCUT2D eigenvalue weighted by Crippen LogP contribution is -2.48. The summed E-state index contributed by atoms with van der Waals surface area (Å²) in [5.41, 5.74) is -1.70. The van der Waals surface area contributed by atoms with E-state index in [0.29, 0.717) is 12.4 Å². The van der Waals surface area contributed by atoms with Gasteiger partial charge in [-0.2, -0.15) is 0 Å². The SMILES string of the molecule is O=c1c2c(=O)n(-c3cnc4cc(F)ccn34)c(=O)n(-c3ccc(F)c(Cl)c3)c2cc2n1CC[C@@H]1CCCCN21. The molecule has 5 aromatic rings. The molecule has 6 heterocycles. The zero-order valence-electron chi connectivity index (χ0n) is 20.5. The molecule has 1 atom stereocenters. The zero-order valence-corrected chi connectivity index (χ0v) is 21.2. The lowest BCUT2D eigenvalue weighted by atomic mass is 9.97. The second kappa shape index (κ2) is 8.63. The van der Waals surface area contributed by atoms with Crippen molar-refractivity contribution in [1.29, 1.82) is 0 Å². The third kappa shape index (κ3) is 3.49. The minimum atomic E-state index is -0.827. The van der Waals surface area contributed by atoms with Crippen LogP contribution >= 0.6 is 11.6 Å². The van der Waals surface area contributed by atoms with Gasteiger partial charge in [0.25, 0.3) is 11.1 Å². The molecule has 1 saturated heterocycles. The van der Waals surface area contributed by atoms with Crippen LogP contribution in [-0.2, 0) is 6.54 Å². The van der Waals surface area contributed by atoms with Crippen molar-refractivity contribution in [3.05, 3.63) is 96.6 Å². The number of nitrogens with zero attached hydrogens (tertiary/aromatic N) is 6. The fourth-order valence-corrected chi connectivity index (χ4v) is 6.09. The first-order valence-corrected chi connectivity index (χ1v) is 13.0. The Balaban J connectivity index is 1.62. The summed E-state index contributed by atoms with van der Waals surface area (Å²) in [6.45, 7) is 1.21. The number of piperidine rings is 1. The number of anilines is 1. The Kier molecular flexibility index (Phi) is 5.28. The minimum absolute atomic E-state index is 0.0297. The molecule has 0 unspecified atom stereocenters. The summed E-state index contributed by atoms with van der Waals surface area (Å²) in [5.74, 6) is -0.539. The van der Waals surface area contributed by atoms with Crippen molar-refractivity contribution in [3.63, 3.8) is 0 Å². The standard InChI is InChI=1S/C27H21ClF2N6O3/c28-18-12-17(4-5-19(18)30)35-20-13-22-32-8-2-1-3-16(32)7-10-34(22)25(37)24(20)26(38)36(27(35)39)23-14-31-21-11-15(29)6-9-33(21)23/h4-6,9,11-14,16H,1-3,7-8,10H2/t16-/m0/s1. The quantitative estimate of drug-likeness (QED) is 0.335. The Labute approximate surface area is 223 Å². The van der Waals surface area contributed by atoms with Gasteiger partial charge in [0.1, 0.15) is 34.3 Å². The molecule has 1 fully saturated rings. The summed E-state index contributed by atoms with van der Waals surface area (Å²) >= 11 is 6.09. The van der Waals surface area contributed by atoms with E-state index in [1.807, 2.05) is 0 Å². The monoisotopic (exact) mass is 550 g/mol. The van der Waals surface area contributed by atoms with Crippen LogP contribution in [0.25, 0.3) is 28.1 Å². The molecular formula is C27H21ClF2N6O3.